The molecule has 0 saturated carbocycles. The second kappa shape index (κ2) is 12.7. The number of amides is 1. The quantitative estimate of drug-likeness (QED) is 0.139. The van der Waals surface area contributed by atoms with Gasteiger partial charge in [0, 0.05) is 48.4 Å². The molecule has 0 radical (unpaired) electrons. The molecule has 3 aromatic rings. The molecule has 4 atom stereocenters. The summed E-state index contributed by atoms with van der Waals surface area (Å²) in [6.45, 7) is 13.4. The third-order valence-electron chi connectivity index (χ3n) is 8.70. The first-order valence-electron chi connectivity index (χ1n) is 14.9. The topological polar surface area (TPSA) is 121 Å². The molecule has 0 spiro atoms. The number of pyridine rings is 2. The Balaban J connectivity index is 1.91. The van der Waals surface area contributed by atoms with Crippen LogP contribution in [0, 0.1) is 40.6 Å². The standard InChI is InChI=1S/C33H32Cl2F3N7O2/c1-7-21(46)44-16(5)12-43(13-17(44)6)31-18-10-20(34)29(22-23(35)27(40)26(38)25(37)24(22)36)42-32(18)45(33(47)19(31)11-39)30-15(4)8-9-41-28(30)14(2)3/h7-10,14-17,30H,1,12-13,40H2,2-6H3/t15-,16-,17+,30?/m1/s1. The summed E-state index contributed by atoms with van der Waals surface area (Å²) in [6.07, 6.45) is 4.68. The summed E-state index contributed by atoms with van der Waals surface area (Å²) in [7, 11) is 0. The number of nitriles is 1. The first-order chi connectivity index (χ1) is 22.2. The highest BCUT2D eigenvalue weighted by molar-refractivity contribution is 6.38. The van der Waals surface area contributed by atoms with Crippen molar-refractivity contribution in [2.45, 2.75) is 52.7 Å². The van der Waals surface area contributed by atoms with Gasteiger partial charge in [-0.25, -0.2) is 18.2 Å². The summed E-state index contributed by atoms with van der Waals surface area (Å²) in [5.74, 6) is -5.90. The second-order valence-electron chi connectivity index (χ2n) is 12.2. The van der Waals surface area contributed by atoms with E-state index in [4.69, 9.17) is 28.9 Å². The van der Waals surface area contributed by atoms with E-state index >= 15 is 4.39 Å². The zero-order valence-corrected chi connectivity index (χ0v) is 27.8. The lowest BCUT2D eigenvalue weighted by Gasteiger charge is -2.45. The van der Waals surface area contributed by atoms with Crippen LogP contribution in [0.5, 0.6) is 0 Å². The van der Waals surface area contributed by atoms with Crippen molar-refractivity contribution in [3.63, 3.8) is 0 Å². The number of nitrogens with zero attached hydrogens (tertiary/aromatic N) is 6. The highest BCUT2D eigenvalue weighted by Crippen LogP contribution is 2.43. The normalized spacial score (nSPS) is 21.3. The summed E-state index contributed by atoms with van der Waals surface area (Å²) in [5.41, 5.74) is 3.69. The lowest BCUT2D eigenvalue weighted by atomic mass is 9.88. The molecule has 246 valence electrons. The number of aliphatic imine (C=N–C) groups is 1. The Kier molecular flexibility index (Phi) is 9.18. The molecule has 2 aromatic heterocycles. The number of halogens is 5. The van der Waals surface area contributed by atoms with Gasteiger partial charge in [-0.2, -0.15) is 5.26 Å². The van der Waals surface area contributed by atoms with Gasteiger partial charge in [-0.05, 0) is 31.9 Å². The van der Waals surface area contributed by atoms with E-state index in [9.17, 15) is 23.6 Å². The van der Waals surface area contributed by atoms with Crippen LogP contribution in [0.3, 0.4) is 0 Å². The average molecular weight is 687 g/mol. The van der Waals surface area contributed by atoms with Crippen molar-refractivity contribution in [1.82, 2.24) is 14.5 Å². The molecule has 2 aliphatic rings. The van der Waals surface area contributed by atoms with E-state index in [0.717, 1.165) is 0 Å². The summed E-state index contributed by atoms with van der Waals surface area (Å²) in [6, 6.07) is 2.05. The molecule has 1 unspecified atom stereocenters. The van der Waals surface area contributed by atoms with Gasteiger partial charge in [0.2, 0.25) is 5.91 Å². The smallest absolute Gasteiger partial charge is 0.272 e. The number of nitrogens with two attached hydrogens (primary N) is 1. The summed E-state index contributed by atoms with van der Waals surface area (Å²) in [4.78, 5) is 39.9. The number of hydrogen-bond acceptors (Lipinski definition) is 7. The van der Waals surface area contributed by atoms with E-state index in [0.29, 0.717) is 5.71 Å². The fourth-order valence-corrected chi connectivity index (χ4v) is 7.13. The summed E-state index contributed by atoms with van der Waals surface area (Å²) >= 11 is 13.0. The van der Waals surface area contributed by atoms with Crippen molar-refractivity contribution in [2.75, 3.05) is 23.7 Å². The number of fused-ring (bicyclic) bond motifs is 1. The minimum Gasteiger partial charge on any atom is -0.395 e. The highest BCUT2D eigenvalue weighted by atomic mass is 35.5. The maximum absolute atomic E-state index is 15.4. The molecule has 47 heavy (non-hydrogen) atoms. The Labute approximate surface area is 279 Å². The van der Waals surface area contributed by atoms with Gasteiger partial charge in [-0.15, -0.1) is 0 Å². The molecule has 0 aliphatic carbocycles. The van der Waals surface area contributed by atoms with Crippen LogP contribution in [0.15, 0.2) is 40.8 Å². The number of nitrogen functional groups attached to an aromatic ring is 1. The molecule has 1 aromatic carbocycles. The van der Waals surface area contributed by atoms with Crippen molar-refractivity contribution in [3.8, 4) is 17.3 Å². The number of benzene rings is 1. The Bertz CT molecular complexity index is 1960. The van der Waals surface area contributed by atoms with Gasteiger partial charge in [0.15, 0.2) is 17.5 Å². The van der Waals surface area contributed by atoms with E-state index < -0.39 is 45.3 Å². The molecule has 1 saturated heterocycles. The van der Waals surface area contributed by atoms with Crippen LogP contribution in [-0.4, -0.2) is 51.2 Å². The molecule has 2 N–H and O–H groups in total. The zero-order chi connectivity index (χ0) is 34.6. The molecule has 1 fully saturated rings. The number of carbonyl (C=O) groups excluding carboxylic acids is 1. The van der Waals surface area contributed by atoms with Crippen molar-refractivity contribution >= 4 is 57.2 Å². The predicted molar refractivity (Wildman–Crippen MR) is 178 cm³/mol. The van der Waals surface area contributed by atoms with E-state index in [1.54, 1.807) is 17.2 Å². The largest absolute Gasteiger partial charge is 0.395 e. The molecule has 4 heterocycles. The van der Waals surface area contributed by atoms with Crippen molar-refractivity contribution < 1.29 is 18.0 Å². The van der Waals surface area contributed by atoms with Crippen molar-refractivity contribution in [3.05, 3.63) is 74.4 Å². The minimum absolute atomic E-state index is 0.0208. The van der Waals surface area contributed by atoms with Crippen LogP contribution in [0.4, 0.5) is 24.5 Å². The van der Waals surface area contributed by atoms with Gasteiger partial charge in [-0.1, -0.05) is 56.6 Å². The van der Waals surface area contributed by atoms with Crippen LogP contribution in [0.25, 0.3) is 22.3 Å². The van der Waals surface area contributed by atoms with Gasteiger partial charge in [0.05, 0.1) is 38.7 Å². The Morgan fingerprint density at radius 3 is 2.36 bits per heavy atom. The van der Waals surface area contributed by atoms with Crippen LogP contribution in [-0.2, 0) is 4.79 Å². The molecule has 2 aliphatic heterocycles. The monoisotopic (exact) mass is 685 g/mol. The van der Waals surface area contributed by atoms with Crippen molar-refractivity contribution in [1.29, 1.82) is 5.26 Å². The van der Waals surface area contributed by atoms with E-state index in [1.165, 1.54) is 16.7 Å². The number of hydrogen-bond donors (Lipinski definition) is 1. The molecule has 9 nitrogen and oxygen atoms in total. The lowest BCUT2D eigenvalue weighted by molar-refractivity contribution is -0.130. The lowest BCUT2D eigenvalue weighted by Crippen LogP contribution is -2.58. The fourth-order valence-electron chi connectivity index (χ4n) is 6.63. The third-order valence-corrected chi connectivity index (χ3v) is 9.38. The van der Waals surface area contributed by atoms with Crippen LogP contribution in [0.1, 0.15) is 46.2 Å². The Morgan fingerprint density at radius 1 is 1.15 bits per heavy atom. The second-order valence-corrected chi connectivity index (χ2v) is 12.9. The van der Waals surface area contributed by atoms with Gasteiger partial charge >= 0.3 is 0 Å². The summed E-state index contributed by atoms with van der Waals surface area (Å²) < 4.78 is 45.7. The number of anilines is 2. The Hall–Kier alpha value is -4.34. The molecular weight excluding hydrogens is 654 g/mol. The fraction of sp³-hybridized carbons (Fsp3) is 0.364. The van der Waals surface area contributed by atoms with Gasteiger partial charge in [0.25, 0.3) is 5.56 Å². The number of piperazine rings is 1. The van der Waals surface area contributed by atoms with Crippen LogP contribution >= 0.6 is 23.2 Å². The Morgan fingerprint density at radius 2 is 1.79 bits per heavy atom. The third kappa shape index (κ3) is 5.45. The SMILES string of the molecule is C=CC(=O)N1[C@H](C)CN(c2c(C#N)c(=O)n(C3C(C(C)C)=NC=C[C@H]3C)c3nc(-c4c(F)c(F)c(F)c(N)c4Cl)c(Cl)cc23)C[C@@H]1C. The highest BCUT2D eigenvalue weighted by Gasteiger charge is 2.38. The van der Waals surface area contributed by atoms with E-state index in [2.05, 4.69) is 22.6 Å². The number of aromatic nitrogens is 2. The molecular formula is C33H32Cl2F3N7O2. The van der Waals surface area contributed by atoms with E-state index in [1.807, 2.05) is 39.5 Å². The number of allylic oxidation sites excluding steroid dienone is 1. The maximum atomic E-state index is 15.4. The molecule has 14 heteroatoms. The average Bonchev–Trinajstić information content (AvgIpc) is 3.02. The molecule has 1 amide bonds. The molecule has 0 bridgehead atoms. The van der Waals surface area contributed by atoms with Crippen molar-refractivity contribution in [2.24, 2.45) is 16.8 Å². The van der Waals surface area contributed by atoms with Crippen LogP contribution in [0.2, 0.25) is 10.0 Å². The first kappa shape index (κ1) is 34.0. The van der Waals surface area contributed by atoms with E-state index in [-0.39, 0.29) is 75.9 Å². The summed E-state index contributed by atoms with van der Waals surface area (Å²) in [5, 5.41) is 9.88. The number of rotatable bonds is 5. The zero-order valence-electron chi connectivity index (χ0n) is 26.3. The van der Waals surface area contributed by atoms with Gasteiger partial charge < -0.3 is 15.5 Å². The maximum Gasteiger partial charge on any atom is 0.272 e. The predicted octanol–water partition coefficient (Wildman–Crippen LogP) is 6.65. The molecule has 5 rings (SSSR count). The van der Waals surface area contributed by atoms with Gasteiger partial charge in [0.1, 0.15) is 17.3 Å². The van der Waals surface area contributed by atoms with Gasteiger partial charge in [-0.3, -0.25) is 19.1 Å². The first-order valence-corrected chi connectivity index (χ1v) is 15.7. The van der Waals surface area contributed by atoms with Crippen LogP contribution < -0.4 is 16.2 Å². The minimum atomic E-state index is -1.87. The number of carbonyl (C=O) groups is 1.